The highest BCUT2D eigenvalue weighted by Crippen LogP contribution is 2.70. The van der Waals surface area contributed by atoms with Crippen molar-refractivity contribution in [3.8, 4) is 0 Å². The summed E-state index contributed by atoms with van der Waals surface area (Å²) in [5.41, 5.74) is -1.94. The fourth-order valence-corrected chi connectivity index (χ4v) is 7.30. The normalized spacial score (nSPS) is 57.8. The number of aliphatic hydroxyl groups is 3. The summed E-state index contributed by atoms with van der Waals surface area (Å²) in [6, 6.07) is 0. The van der Waals surface area contributed by atoms with E-state index in [1.807, 2.05) is 6.92 Å². The third-order valence-corrected chi connectivity index (χ3v) is 8.48. The van der Waals surface area contributed by atoms with Crippen LogP contribution in [0.4, 0.5) is 0 Å². The molecular formula is C20H28O5. The zero-order chi connectivity index (χ0) is 18.4. The van der Waals surface area contributed by atoms with Crippen LogP contribution in [0.25, 0.3) is 0 Å². The molecule has 0 aromatic rings. The van der Waals surface area contributed by atoms with Crippen LogP contribution in [0.15, 0.2) is 12.2 Å². The molecule has 0 aliphatic heterocycles. The Morgan fingerprint density at radius 1 is 1.12 bits per heavy atom. The van der Waals surface area contributed by atoms with Gasteiger partial charge in [-0.05, 0) is 48.5 Å². The molecule has 2 bridgehead atoms. The van der Waals surface area contributed by atoms with Crippen LogP contribution in [0.2, 0.25) is 0 Å². The van der Waals surface area contributed by atoms with E-state index in [9.17, 15) is 24.9 Å². The lowest BCUT2D eigenvalue weighted by molar-refractivity contribution is -0.236. The van der Waals surface area contributed by atoms with Crippen molar-refractivity contribution in [2.75, 3.05) is 0 Å². The van der Waals surface area contributed by atoms with E-state index in [0.717, 1.165) is 25.5 Å². The second-order valence-electron chi connectivity index (χ2n) is 9.40. The molecule has 9 atom stereocenters. The van der Waals surface area contributed by atoms with Crippen LogP contribution in [0, 0.1) is 34.0 Å². The Balaban J connectivity index is 1.90. The van der Waals surface area contributed by atoms with Crippen molar-refractivity contribution < 1.29 is 24.9 Å². The van der Waals surface area contributed by atoms with Gasteiger partial charge in [-0.25, -0.2) is 0 Å². The Bertz CT molecular complexity index is 658. The molecular weight excluding hydrogens is 320 g/mol. The van der Waals surface area contributed by atoms with Crippen LogP contribution in [0.5, 0.6) is 0 Å². The number of carbonyl (C=O) groups excluding carboxylic acids is 2. The Morgan fingerprint density at radius 2 is 1.80 bits per heavy atom. The number of ketones is 1. The average molecular weight is 348 g/mol. The van der Waals surface area contributed by atoms with E-state index >= 15 is 0 Å². The first-order valence-electron chi connectivity index (χ1n) is 9.38. The molecule has 4 rings (SSSR count). The summed E-state index contributed by atoms with van der Waals surface area (Å²) in [6.45, 7) is 7.87. The summed E-state index contributed by atoms with van der Waals surface area (Å²) in [6.07, 6.45) is 1.25. The minimum atomic E-state index is -1.27. The van der Waals surface area contributed by atoms with E-state index in [-0.39, 0.29) is 28.6 Å². The Hall–Kier alpha value is -1.04. The summed E-state index contributed by atoms with van der Waals surface area (Å²) in [7, 11) is 0. The maximum atomic E-state index is 13.2. The van der Waals surface area contributed by atoms with Crippen LogP contribution in [-0.4, -0.2) is 45.7 Å². The Kier molecular flexibility index (Phi) is 3.49. The topological polar surface area (TPSA) is 94.8 Å². The molecule has 25 heavy (non-hydrogen) atoms. The third-order valence-electron chi connectivity index (χ3n) is 8.48. The second kappa shape index (κ2) is 5.02. The number of carbonyl (C=O) groups is 2. The van der Waals surface area contributed by atoms with Gasteiger partial charge in [0.25, 0.3) is 0 Å². The highest BCUT2D eigenvalue weighted by Gasteiger charge is 2.75. The summed E-state index contributed by atoms with van der Waals surface area (Å²) in [5.74, 6) is -1.37. The molecule has 4 aliphatic rings. The Morgan fingerprint density at radius 3 is 2.44 bits per heavy atom. The van der Waals surface area contributed by atoms with E-state index < -0.39 is 35.1 Å². The lowest BCUT2D eigenvalue weighted by atomic mass is 9.39. The number of aliphatic hydroxyl groups excluding tert-OH is 3. The molecule has 0 saturated heterocycles. The van der Waals surface area contributed by atoms with Crippen LogP contribution in [0.3, 0.4) is 0 Å². The maximum absolute atomic E-state index is 13.2. The van der Waals surface area contributed by atoms with Gasteiger partial charge in [0.1, 0.15) is 6.29 Å². The molecule has 0 heterocycles. The van der Waals surface area contributed by atoms with E-state index in [2.05, 4.69) is 13.5 Å². The van der Waals surface area contributed by atoms with Crippen molar-refractivity contribution in [3.63, 3.8) is 0 Å². The van der Waals surface area contributed by atoms with Crippen molar-refractivity contribution in [1.29, 1.82) is 0 Å². The number of rotatable bonds is 1. The van der Waals surface area contributed by atoms with Crippen molar-refractivity contribution in [2.45, 2.75) is 64.3 Å². The highest BCUT2D eigenvalue weighted by molar-refractivity contribution is 6.04. The van der Waals surface area contributed by atoms with Gasteiger partial charge in [0, 0.05) is 11.3 Å². The van der Waals surface area contributed by atoms with Crippen LogP contribution < -0.4 is 0 Å². The van der Waals surface area contributed by atoms with Crippen LogP contribution >= 0.6 is 0 Å². The number of hydrogen-bond donors (Lipinski definition) is 3. The summed E-state index contributed by atoms with van der Waals surface area (Å²) in [5, 5.41) is 32.7. The van der Waals surface area contributed by atoms with Crippen LogP contribution in [-0.2, 0) is 9.59 Å². The number of hydrogen-bond acceptors (Lipinski definition) is 5. The molecule has 0 aromatic heterocycles. The Labute approximate surface area is 148 Å². The van der Waals surface area contributed by atoms with Gasteiger partial charge in [0.15, 0.2) is 5.78 Å². The molecule has 4 fully saturated rings. The smallest absolute Gasteiger partial charge is 0.170 e. The zero-order valence-corrected chi connectivity index (χ0v) is 14.9. The molecule has 0 radical (unpaired) electrons. The predicted octanol–water partition coefficient (Wildman–Crippen LogP) is 1.25. The van der Waals surface area contributed by atoms with E-state index in [1.165, 1.54) is 0 Å². The van der Waals surface area contributed by atoms with E-state index in [0.29, 0.717) is 12.8 Å². The van der Waals surface area contributed by atoms with Gasteiger partial charge in [-0.15, -0.1) is 0 Å². The van der Waals surface area contributed by atoms with Crippen molar-refractivity contribution in [1.82, 2.24) is 0 Å². The standard InChI is InChI=1S/C20H28O5/c1-10-15-11(22)7-13-19(3)6-4-5-18(2,9-21)12(19)8-14(23)20(13,16(10)24)17(15)25/h9,11-15,17,22-23,25H,1,4-8H2,2-3H3/t11-,12+,13-,14?,15?,17-,18+,19+,20?/m0/s1. The minimum absolute atomic E-state index is 0.0607. The molecule has 0 amide bonds. The molecule has 5 heteroatoms. The van der Waals surface area contributed by atoms with Gasteiger partial charge in [-0.2, -0.15) is 0 Å². The first kappa shape index (κ1) is 17.4. The van der Waals surface area contributed by atoms with Crippen molar-refractivity contribution in [3.05, 3.63) is 12.2 Å². The molecule has 1 spiro atoms. The summed E-state index contributed by atoms with van der Waals surface area (Å²) < 4.78 is 0. The van der Waals surface area contributed by atoms with Crippen molar-refractivity contribution in [2.24, 2.45) is 34.0 Å². The molecule has 3 N–H and O–H groups in total. The largest absolute Gasteiger partial charge is 0.392 e. The lowest BCUT2D eigenvalue weighted by Gasteiger charge is -2.65. The third kappa shape index (κ3) is 1.75. The highest BCUT2D eigenvalue weighted by atomic mass is 16.3. The first-order chi connectivity index (χ1) is 11.6. The van der Waals surface area contributed by atoms with Crippen molar-refractivity contribution >= 4 is 12.1 Å². The molecule has 4 aliphatic carbocycles. The SMILES string of the molecule is C=C1C(=O)C23C(O)C[C@H]4[C@@](C)(CCC[C@]4(C)C=O)[C@@H]2C[C@H](O)C1[C@@H]3O. The second-order valence-corrected chi connectivity index (χ2v) is 9.40. The molecule has 0 aromatic carbocycles. The predicted molar refractivity (Wildman–Crippen MR) is 90.4 cm³/mol. The van der Waals surface area contributed by atoms with Gasteiger partial charge in [0.05, 0.1) is 23.7 Å². The van der Waals surface area contributed by atoms with E-state index in [1.54, 1.807) is 0 Å². The fraction of sp³-hybridized carbons (Fsp3) is 0.800. The molecule has 5 nitrogen and oxygen atoms in total. The van der Waals surface area contributed by atoms with Gasteiger partial charge in [0.2, 0.25) is 0 Å². The zero-order valence-electron chi connectivity index (χ0n) is 14.9. The molecule has 3 unspecified atom stereocenters. The van der Waals surface area contributed by atoms with Gasteiger partial charge >= 0.3 is 0 Å². The maximum Gasteiger partial charge on any atom is 0.170 e. The summed E-state index contributed by atoms with van der Waals surface area (Å²) >= 11 is 0. The van der Waals surface area contributed by atoms with Gasteiger partial charge in [-0.3, -0.25) is 4.79 Å². The number of Topliss-reactive ketones (excluding diaryl/α,β-unsaturated/α-hetero) is 1. The minimum Gasteiger partial charge on any atom is -0.392 e. The number of fused-ring (bicyclic) bond motifs is 3. The quantitative estimate of drug-likeness (QED) is 0.490. The summed E-state index contributed by atoms with van der Waals surface area (Å²) in [4.78, 5) is 25.0. The average Bonchev–Trinajstić information content (AvgIpc) is 2.69. The number of aldehydes is 1. The monoisotopic (exact) mass is 348 g/mol. The van der Waals surface area contributed by atoms with Gasteiger partial charge in [-0.1, -0.05) is 26.8 Å². The first-order valence-corrected chi connectivity index (χ1v) is 9.38. The van der Waals surface area contributed by atoms with Gasteiger partial charge < -0.3 is 20.1 Å². The lowest BCUT2D eigenvalue weighted by Crippen LogP contribution is -2.68. The van der Waals surface area contributed by atoms with Crippen LogP contribution in [0.1, 0.15) is 46.0 Å². The fourth-order valence-electron chi connectivity index (χ4n) is 7.30. The molecule has 138 valence electrons. The van der Waals surface area contributed by atoms with E-state index in [4.69, 9.17) is 0 Å². The molecule has 4 saturated carbocycles.